The molecular formula is C21H27N5OS. The number of nitrogens with one attached hydrogen (secondary N) is 2. The number of hydrogen-bond donors (Lipinski definition) is 2. The SMILES string of the molecule is CC1CCN(CCCNC(=O)Cc2ccc3c(c2)Nc2nccnc2S3)CC1. The van der Waals surface area contributed by atoms with Crippen molar-refractivity contribution in [2.24, 2.45) is 5.92 Å². The van der Waals surface area contributed by atoms with Gasteiger partial charge in [0.25, 0.3) is 0 Å². The second-order valence-corrected chi connectivity index (χ2v) is 8.70. The van der Waals surface area contributed by atoms with E-state index < -0.39 is 0 Å². The Kier molecular flexibility index (Phi) is 6.12. The first kappa shape index (κ1) is 19.2. The van der Waals surface area contributed by atoms with Crippen LogP contribution in [0, 0.1) is 5.92 Å². The second kappa shape index (κ2) is 8.92. The van der Waals surface area contributed by atoms with Gasteiger partial charge in [-0.2, -0.15) is 0 Å². The van der Waals surface area contributed by atoms with Crippen molar-refractivity contribution in [1.82, 2.24) is 20.2 Å². The average Bonchev–Trinajstić information content (AvgIpc) is 2.71. The van der Waals surface area contributed by atoms with Crippen molar-refractivity contribution in [1.29, 1.82) is 0 Å². The Morgan fingerprint density at radius 2 is 2.11 bits per heavy atom. The number of piperidine rings is 1. The second-order valence-electron chi connectivity index (χ2n) is 7.67. The predicted octanol–water partition coefficient (Wildman–Crippen LogP) is 3.47. The minimum Gasteiger partial charge on any atom is -0.356 e. The summed E-state index contributed by atoms with van der Waals surface area (Å²) >= 11 is 1.60. The number of carbonyl (C=O) groups excluding carboxylic acids is 1. The van der Waals surface area contributed by atoms with Crippen molar-refractivity contribution < 1.29 is 4.79 Å². The highest BCUT2D eigenvalue weighted by molar-refractivity contribution is 7.99. The zero-order chi connectivity index (χ0) is 19.3. The highest BCUT2D eigenvalue weighted by Crippen LogP contribution is 2.41. The number of likely N-dealkylation sites (tertiary alicyclic amines) is 1. The maximum Gasteiger partial charge on any atom is 0.224 e. The summed E-state index contributed by atoms with van der Waals surface area (Å²) in [6.45, 7) is 6.55. The number of carbonyl (C=O) groups is 1. The minimum absolute atomic E-state index is 0.0795. The number of nitrogens with zero attached hydrogens (tertiary/aromatic N) is 3. The summed E-state index contributed by atoms with van der Waals surface area (Å²) in [5.41, 5.74) is 1.99. The van der Waals surface area contributed by atoms with Gasteiger partial charge in [-0.05, 0) is 62.5 Å². The zero-order valence-electron chi connectivity index (χ0n) is 16.3. The van der Waals surface area contributed by atoms with Gasteiger partial charge in [0.1, 0.15) is 5.03 Å². The van der Waals surface area contributed by atoms with Crippen LogP contribution >= 0.6 is 11.8 Å². The third-order valence-corrected chi connectivity index (χ3v) is 6.45. The predicted molar refractivity (Wildman–Crippen MR) is 112 cm³/mol. The smallest absolute Gasteiger partial charge is 0.224 e. The molecular weight excluding hydrogens is 370 g/mol. The number of amides is 1. The maximum atomic E-state index is 12.3. The molecule has 7 heteroatoms. The van der Waals surface area contributed by atoms with Crippen molar-refractivity contribution in [3.63, 3.8) is 0 Å². The summed E-state index contributed by atoms with van der Waals surface area (Å²) in [5.74, 6) is 1.71. The zero-order valence-corrected chi connectivity index (χ0v) is 17.1. The molecule has 0 bridgehead atoms. The van der Waals surface area contributed by atoms with Crippen molar-refractivity contribution in [2.75, 3.05) is 31.5 Å². The molecule has 0 radical (unpaired) electrons. The first-order valence-corrected chi connectivity index (χ1v) is 10.9. The third kappa shape index (κ3) is 4.83. The van der Waals surface area contributed by atoms with Crippen molar-refractivity contribution in [3.8, 4) is 0 Å². The largest absolute Gasteiger partial charge is 0.356 e. The van der Waals surface area contributed by atoms with Gasteiger partial charge in [-0.25, -0.2) is 9.97 Å². The Balaban J connectivity index is 1.23. The fourth-order valence-electron chi connectivity index (χ4n) is 3.66. The molecule has 1 saturated heterocycles. The van der Waals surface area contributed by atoms with Crippen LogP contribution in [0.15, 0.2) is 40.5 Å². The molecule has 2 aromatic rings. The first-order valence-electron chi connectivity index (χ1n) is 10.1. The van der Waals surface area contributed by atoms with E-state index in [1.807, 2.05) is 18.2 Å². The van der Waals surface area contributed by atoms with E-state index in [0.717, 1.165) is 52.4 Å². The molecule has 2 aliphatic rings. The molecule has 1 aromatic carbocycles. The topological polar surface area (TPSA) is 70.2 Å². The number of benzene rings is 1. The van der Waals surface area contributed by atoms with Crippen LogP contribution in [0.25, 0.3) is 0 Å². The molecule has 0 aliphatic carbocycles. The van der Waals surface area contributed by atoms with Gasteiger partial charge >= 0.3 is 0 Å². The van der Waals surface area contributed by atoms with E-state index in [0.29, 0.717) is 6.42 Å². The van der Waals surface area contributed by atoms with E-state index in [-0.39, 0.29) is 5.91 Å². The van der Waals surface area contributed by atoms with Gasteiger partial charge in [0.2, 0.25) is 5.91 Å². The first-order chi connectivity index (χ1) is 13.7. The highest BCUT2D eigenvalue weighted by Gasteiger charge is 2.18. The Hall–Kier alpha value is -2.12. The van der Waals surface area contributed by atoms with Gasteiger partial charge in [-0.1, -0.05) is 24.8 Å². The van der Waals surface area contributed by atoms with Gasteiger partial charge in [0.05, 0.1) is 12.1 Å². The Bertz CT molecular complexity index is 835. The molecule has 6 nitrogen and oxygen atoms in total. The molecule has 0 unspecified atom stereocenters. The van der Waals surface area contributed by atoms with Crippen LogP contribution in [-0.2, 0) is 11.2 Å². The van der Waals surface area contributed by atoms with E-state index in [9.17, 15) is 4.79 Å². The summed E-state index contributed by atoms with van der Waals surface area (Å²) < 4.78 is 0. The normalized spacial score (nSPS) is 16.8. The lowest BCUT2D eigenvalue weighted by molar-refractivity contribution is -0.120. The summed E-state index contributed by atoms with van der Waals surface area (Å²) in [5, 5.41) is 7.25. The van der Waals surface area contributed by atoms with Gasteiger partial charge in [-0.3, -0.25) is 4.79 Å². The van der Waals surface area contributed by atoms with E-state index in [2.05, 4.69) is 32.4 Å². The van der Waals surface area contributed by atoms with Gasteiger partial charge < -0.3 is 15.5 Å². The van der Waals surface area contributed by atoms with Crippen molar-refractivity contribution >= 4 is 29.2 Å². The van der Waals surface area contributed by atoms with Crippen LogP contribution < -0.4 is 10.6 Å². The maximum absolute atomic E-state index is 12.3. The lowest BCUT2D eigenvalue weighted by Crippen LogP contribution is -2.35. The highest BCUT2D eigenvalue weighted by atomic mass is 32.2. The molecule has 1 amide bonds. The molecule has 28 heavy (non-hydrogen) atoms. The standard InChI is InChI=1S/C21H27N5OS/c1-15-5-11-26(12-6-15)10-2-7-22-19(27)14-16-3-4-18-17(13-16)25-20-21(28-18)24-9-8-23-20/h3-4,8-9,13,15H,2,5-7,10-12,14H2,1H3,(H,22,27)(H,23,25). The summed E-state index contributed by atoms with van der Waals surface area (Å²) in [4.78, 5) is 24.6. The summed E-state index contributed by atoms with van der Waals surface area (Å²) in [7, 11) is 0. The van der Waals surface area contributed by atoms with Gasteiger partial charge in [-0.15, -0.1) is 0 Å². The lowest BCUT2D eigenvalue weighted by Gasteiger charge is -2.30. The van der Waals surface area contributed by atoms with E-state index in [1.165, 1.54) is 25.9 Å². The van der Waals surface area contributed by atoms with Crippen LogP contribution in [0.2, 0.25) is 0 Å². The third-order valence-electron chi connectivity index (χ3n) is 5.38. The number of anilines is 2. The summed E-state index contributed by atoms with van der Waals surface area (Å²) in [6.07, 6.45) is 7.38. The Morgan fingerprint density at radius 1 is 1.29 bits per heavy atom. The average molecular weight is 398 g/mol. The summed E-state index contributed by atoms with van der Waals surface area (Å²) in [6, 6.07) is 6.10. The van der Waals surface area contributed by atoms with Crippen LogP contribution in [0.3, 0.4) is 0 Å². The monoisotopic (exact) mass is 397 g/mol. The minimum atomic E-state index is 0.0795. The fraction of sp³-hybridized carbons (Fsp3) is 0.476. The molecule has 4 rings (SSSR count). The molecule has 2 aliphatic heterocycles. The van der Waals surface area contributed by atoms with Gasteiger partial charge in [0.15, 0.2) is 5.82 Å². The number of aromatic nitrogens is 2. The molecule has 1 aromatic heterocycles. The quantitative estimate of drug-likeness (QED) is 0.621. The Labute approximate surface area is 170 Å². The van der Waals surface area contributed by atoms with Crippen molar-refractivity contribution in [3.05, 3.63) is 36.2 Å². The van der Waals surface area contributed by atoms with Crippen LogP contribution in [0.4, 0.5) is 11.5 Å². The van der Waals surface area contributed by atoms with Crippen LogP contribution in [-0.4, -0.2) is 47.0 Å². The van der Waals surface area contributed by atoms with Crippen LogP contribution in [0.5, 0.6) is 0 Å². The fourth-order valence-corrected chi connectivity index (χ4v) is 4.53. The van der Waals surface area contributed by atoms with Gasteiger partial charge in [0, 0.05) is 23.8 Å². The van der Waals surface area contributed by atoms with E-state index in [4.69, 9.17) is 0 Å². The molecule has 0 spiro atoms. The number of fused-ring (bicyclic) bond motifs is 2. The van der Waals surface area contributed by atoms with Crippen molar-refractivity contribution in [2.45, 2.75) is 42.5 Å². The van der Waals surface area contributed by atoms with Crippen LogP contribution in [0.1, 0.15) is 31.7 Å². The number of rotatable bonds is 6. The van der Waals surface area contributed by atoms with E-state index >= 15 is 0 Å². The Morgan fingerprint density at radius 3 is 2.96 bits per heavy atom. The molecule has 1 fully saturated rings. The number of hydrogen-bond acceptors (Lipinski definition) is 6. The molecule has 2 N–H and O–H groups in total. The molecule has 148 valence electrons. The molecule has 3 heterocycles. The molecule has 0 atom stereocenters. The lowest BCUT2D eigenvalue weighted by atomic mass is 9.99. The van der Waals surface area contributed by atoms with E-state index in [1.54, 1.807) is 24.2 Å². The molecule has 0 saturated carbocycles.